The molecule has 6 nitrogen and oxygen atoms in total. The van der Waals surface area contributed by atoms with Crippen molar-refractivity contribution >= 4 is 50.7 Å². The number of aliphatic hydroxyl groups excluding tert-OH is 1. The maximum absolute atomic E-state index is 13.6. The van der Waals surface area contributed by atoms with Crippen LogP contribution >= 0.6 is 23.1 Å². The SMILES string of the molecule is CCCCCCCCN(CCCCCCCC)c1cnc(C2=C(O)/C(=C3\N=CC(=[N+](CCCCCCCC)CCCCCCCC)S3)C2=O)s1. The van der Waals surface area contributed by atoms with Gasteiger partial charge in [-0.2, -0.15) is 0 Å². The number of nitrogens with zero attached hydrogens (tertiary/aromatic N) is 4. The molecule has 1 aliphatic heterocycles. The van der Waals surface area contributed by atoms with Crippen molar-refractivity contribution in [3.05, 3.63) is 27.6 Å². The second-order valence-electron chi connectivity index (χ2n) is 14.5. The van der Waals surface area contributed by atoms with Gasteiger partial charge in [-0.05, 0) is 25.7 Å². The van der Waals surface area contributed by atoms with Crippen molar-refractivity contribution in [3.8, 4) is 0 Å². The number of unbranched alkanes of at least 4 members (excludes halogenated alkanes) is 20. The topological polar surface area (TPSA) is 68.8 Å². The number of aliphatic hydroxyl groups is 1. The zero-order chi connectivity index (χ0) is 35.8. The molecule has 0 atom stereocenters. The number of aromatic nitrogens is 1. The Morgan fingerprint density at radius 3 is 1.58 bits per heavy atom. The van der Waals surface area contributed by atoms with Gasteiger partial charge in [0.1, 0.15) is 45.7 Å². The molecular formula is C42H71N4O2S2+. The van der Waals surface area contributed by atoms with Crippen molar-refractivity contribution in [2.45, 2.75) is 182 Å². The molecule has 0 spiro atoms. The largest absolute Gasteiger partial charge is 0.506 e. The summed E-state index contributed by atoms with van der Waals surface area (Å²) in [6, 6.07) is 0. The van der Waals surface area contributed by atoms with Crippen molar-refractivity contribution in [1.29, 1.82) is 0 Å². The second-order valence-corrected chi connectivity index (χ2v) is 16.5. The van der Waals surface area contributed by atoms with E-state index >= 15 is 0 Å². The highest BCUT2D eigenvalue weighted by Gasteiger charge is 2.41. The summed E-state index contributed by atoms with van der Waals surface area (Å²) >= 11 is 3.11. The van der Waals surface area contributed by atoms with Crippen LogP contribution in [-0.2, 0) is 4.79 Å². The number of hydrogen-bond donors (Lipinski definition) is 1. The number of allylic oxidation sites excluding steroid dienone is 2. The molecule has 1 aliphatic carbocycles. The molecule has 1 aromatic heterocycles. The molecule has 0 bridgehead atoms. The Morgan fingerprint density at radius 1 is 0.640 bits per heavy atom. The Balaban J connectivity index is 1.67. The first-order valence-electron chi connectivity index (χ1n) is 20.8. The molecule has 2 aliphatic rings. The van der Waals surface area contributed by atoms with Crippen LogP contribution in [0.2, 0.25) is 0 Å². The molecule has 1 aromatic rings. The van der Waals surface area contributed by atoms with Gasteiger partial charge in [0.25, 0.3) is 5.04 Å². The van der Waals surface area contributed by atoms with Crippen LogP contribution < -0.4 is 4.90 Å². The Kier molecular flexibility index (Phi) is 22.0. The summed E-state index contributed by atoms with van der Waals surface area (Å²) < 4.78 is 2.47. The number of carbonyl (C=O) groups excluding carboxylic acids is 1. The average Bonchev–Trinajstić information content (AvgIpc) is 3.79. The first-order valence-corrected chi connectivity index (χ1v) is 22.5. The lowest BCUT2D eigenvalue weighted by Crippen LogP contribution is -2.25. The summed E-state index contributed by atoms with van der Waals surface area (Å²) in [5, 5.41) is 14.7. The molecule has 50 heavy (non-hydrogen) atoms. The molecule has 0 fully saturated rings. The van der Waals surface area contributed by atoms with Crippen LogP contribution in [0.5, 0.6) is 0 Å². The minimum atomic E-state index is -0.124. The monoisotopic (exact) mass is 728 g/mol. The predicted octanol–water partition coefficient (Wildman–Crippen LogP) is 12.7. The van der Waals surface area contributed by atoms with Crippen molar-refractivity contribution in [3.63, 3.8) is 0 Å². The van der Waals surface area contributed by atoms with E-state index < -0.39 is 0 Å². The Labute approximate surface area is 314 Å². The summed E-state index contributed by atoms with van der Waals surface area (Å²) in [6.07, 6.45) is 34.5. The number of rotatable bonds is 30. The van der Waals surface area contributed by atoms with Gasteiger partial charge < -0.3 is 10.0 Å². The summed E-state index contributed by atoms with van der Waals surface area (Å²) in [5.74, 6) is -0.0605. The van der Waals surface area contributed by atoms with Crippen LogP contribution in [0.1, 0.15) is 187 Å². The number of anilines is 1. The lowest BCUT2D eigenvalue weighted by atomic mass is 9.89. The van der Waals surface area contributed by atoms with Gasteiger partial charge >= 0.3 is 0 Å². The highest BCUT2D eigenvalue weighted by Crippen LogP contribution is 2.44. The lowest BCUT2D eigenvalue weighted by molar-refractivity contribution is -0.524. The van der Waals surface area contributed by atoms with E-state index in [4.69, 9.17) is 0 Å². The van der Waals surface area contributed by atoms with E-state index in [0.717, 1.165) is 36.2 Å². The van der Waals surface area contributed by atoms with E-state index in [9.17, 15) is 9.90 Å². The minimum Gasteiger partial charge on any atom is -0.506 e. The van der Waals surface area contributed by atoms with Crippen molar-refractivity contribution in [1.82, 2.24) is 4.98 Å². The zero-order valence-electron chi connectivity index (χ0n) is 32.4. The fraction of sp³-hybridized carbons (Fsp3) is 0.762. The maximum Gasteiger partial charge on any atom is 0.259 e. The third-order valence-corrected chi connectivity index (χ3v) is 12.2. The van der Waals surface area contributed by atoms with Gasteiger partial charge in [0.15, 0.2) is 0 Å². The van der Waals surface area contributed by atoms with Gasteiger partial charge in [0, 0.05) is 37.7 Å². The molecule has 1 N–H and O–H groups in total. The first kappa shape index (κ1) is 42.5. The van der Waals surface area contributed by atoms with Crippen LogP contribution in [0, 0.1) is 0 Å². The predicted molar refractivity (Wildman–Crippen MR) is 220 cm³/mol. The summed E-state index contributed by atoms with van der Waals surface area (Å²) in [5.41, 5.74) is 0.728. The number of carbonyl (C=O) groups is 1. The van der Waals surface area contributed by atoms with E-state index in [1.807, 2.05) is 12.4 Å². The average molecular weight is 728 g/mol. The number of aliphatic imine (C=N–C) groups is 1. The van der Waals surface area contributed by atoms with Crippen molar-refractivity contribution in [2.24, 2.45) is 4.99 Å². The Hall–Kier alpha value is -1.93. The number of ketones is 1. The van der Waals surface area contributed by atoms with Crippen LogP contribution in [0.4, 0.5) is 5.00 Å². The molecule has 0 unspecified atom stereocenters. The number of Topliss-reactive ketones (excluding diaryl/α,β-unsaturated/α-hetero) is 1. The third kappa shape index (κ3) is 14.6. The molecule has 0 saturated carbocycles. The van der Waals surface area contributed by atoms with Crippen LogP contribution in [0.25, 0.3) is 5.57 Å². The molecule has 0 amide bonds. The third-order valence-electron chi connectivity index (χ3n) is 10.1. The number of hydrogen-bond acceptors (Lipinski definition) is 7. The van der Waals surface area contributed by atoms with Gasteiger partial charge in [0.05, 0.1) is 11.8 Å². The van der Waals surface area contributed by atoms with E-state index in [2.05, 4.69) is 47.1 Å². The summed E-state index contributed by atoms with van der Waals surface area (Å²) in [4.78, 5) is 25.4. The van der Waals surface area contributed by atoms with E-state index in [1.54, 1.807) is 23.1 Å². The van der Waals surface area contributed by atoms with Gasteiger partial charge in [-0.15, -0.1) is 0 Å². The lowest BCUT2D eigenvalue weighted by Gasteiger charge is -2.23. The maximum atomic E-state index is 13.6. The van der Waals surface area contributed by atoms with E-state index in [-0.39, 0.29) is 11.5 Å². The molecule has 0 saturated heterocycles. The molecule has 2 heterocycles. The zero-order valence-corrected chi connectivity index (χ0v) is 34.0. The van der Waals surface area contributed by atoms with Gasteiger partial charge in [-0.3, -0.25) is 4.79 Å². The van der Waals surface area contributed by atoms with Crippen LogP contribution in [-0.4, -0.2) is 57.9 Å². The molecule has 0 radical (unpaired) electrons. The molecular weight excluding hydrogens is 657 g/mol. The van der Waals surface area contributed by atoms with Crippen molar-refractivity contribution < 1.29 is 14.5 Å². The standard InChI is InChI=1S/C42H70N4O2S2/c1-5-9-13-17-21-25-29-45(30-26-22-18-14-10-6-2)35-33-43-41(49-35)37-39(47)38(40(37)48)42-44-34-36(50-42)46(31-27-23-19-15-11-7-3)32-28-24-20-16-12-8-4/h33-34H,5-32H2,1-4H3/p+1. The fourth-order valence-corrected chi connectivity index (χ4v) is 8.87. The smallest absolute Gasteiger partial charge is 0.259 e. The quantitative estimate of drug-likeness (QED) is 0.0485. The highest BCUT2D eigenvalue weighted by molar-refractivity contribution is 8.19. The van der Waals surface area contributed by atoms with Gasteiger partial charge in [-0.1, -0.05) is 155 Å². The molecule has 0 aromatic carbocycles. The highest BCUT2D eigenvalue weighted by atomic mass is 32.2. The minimum absolute atomic E-state index is 0.0635. The summed E-state index contributed by atoms with van der Waals surface area (Å²) in [7, 11) is 0. The van der Waals surface area contributed by atoms with Crippen LogP contribution in [0.15, 0.2) is 27.6 Å². The second kappa shape index (κ2) is 25.9. The van der Waals surface area contributed by atoms with Gasteiger partial charge in [-0.25, -0.2) is 14.6 Å². The number of thioether (sulfide) groups is 1. The Bertz CT molecular complexity index is 1210. The van der Waals surface area contributed by atoms with Crippen molar-refractivity contribution in [2.75, 3.05) is 31.1 Å². The number of thiazole rings is 1. The molecule has 282 valence electrons. The first-order chi connectivity index (χ1) is 24.5. The van der Waals surface area contributed by atoms with Crippen LogP contribution in [0.3, 0.4) is 0 Å². The summed E-state index contributed by atoms with van der Waals surface area (Å²) in [6.45, 7) is 13.2. The van der Waals surface area contributed by atoms with Gasteiger partial charge in [0.2, 0.25) is 5.78 Å². The fourth-order valence-electron chi connectivity index (χ4n) is 6.85. The molecule has 3 rings (SSSR count). The van der Waals surface area contributed by atoms with E-state index in [1.165, 1.54) is 154 Å². The molecule has 8 heteroatoms. The van der Waals surface area contributed by atoms with E-state index in [0.29, 0.717) is 21.2 Å². The Morgan fingerprint density at radius 2 is 1.10 bits per heavy atom. The normalized spacial score (nSPS) is 15.8.